The van der Waals surface area contributed by atoms with E-state index < -0.39 is 12.7 Å². The zero-order chi connectivity index (χ0) is 22.7. The van der Waals surface area contributed by atoms with Crippen molar-refractivity contribution in [1.82, 2.24) is 0 Å². The molecular formula is C28H23O3P. The van der Waals surface area contributed by atoms with Gasteiger partial charge in [0.25, 0.3) is 0 Å². The van der Waals surface area contributed by atoms with Crippen molar-refractivity contribution in [3.8, 4) is 0 Å². The molecule has 0 N–H and O–H groups in total. The van der Waals surface area contributed by atoms with Crippen LogP contribution in [-0.4, -0.2) is 11.3 Å². The van der Waals surface area contributed by atoms with Crippen LogP contribution in [-0.2, 0) is 4.57 Å². The highest BCUT2D eigenvalue weighted by molar-refractivity contribution is 7.93. The molecule has 0 aliphatic heterocycles. The number of benzene rings is 4. The predicted octanol–water partition coefficient (Wildman–Crippen LogP) is 5.69. The molecule has 4 rings (SSSR count). The monoisotopic (exact) mass is 438 g/mol. The molecule has 0 aliphatic rings. The number of aryl methyl sites for hydroxylation is 1. The summed E-state index contributed by atoms with van der Waals surface area (Å²) in [6.07, 6.45) is 0. The molecule has 0 saturated heterocycles. The van der Waals surface area contributed by atoms with Crippen molar-refractivity contribution < 1.29 is 14.2 Å². The number of carbonyl (C=O) groups excluding carboxylic acids is 2. The lowest BCUT2D eigenvalue weighted by atomic mass is 9.93. The van der Waals surface area contributed by atoms with E-state index >= 15 is 0 Å². The largest absolute Gasteiger partial charge is 0.305 e. The molecule has 0 fully saturated rings. The number of hydrogen-bond donors (Lipinski definition) is 0. The summed E-state index contributed by atoms with van der Waals surface area (Å²) in [5, 5.41) is 0.963. The summed E-state index contributed by atoms with van der Waals surface area (Å²) in [6, 6.07) is 30.2. The van der Waals surface area contributed by atoms with E-state index in [1.54, 1.807) is 79.7 Å². The van der Waals surface area contributed by atoms with Crippen LogP contribution in [0.1, 0.15) is 37.4 Å². The third-order valence-electron chi connectivity index (χ3n) is 5.69. The van der Waals surface area contributed by atoms with Crippen molar-refractivity contribution >= 4 is 29.1 Å². The molecule has 4 aromatic carbocycles. The van der Waals surface area contributed by atoms with Gasteiger partial charge in [0.05, 0.1) is 0 Å². The molecule has 158 valence electrons. The molecule has 0 spiro atoms. The Kier molecular flexibility index (Phi) is 6.03. The standard InChI is InChI=1S/C28H23O3P/c1-20-18-19-25(27(29)22-12-6-3-7-13-22)21(2)26(20)28(30)32(31,23-14-8-4-9-15-23)24-16-10-5-11-17-24/h3-19H,1-2H3. The molecule has 0 radical (unpaired) electrons. The van der Waals surface area contributed by atoms with Crippen LogP contribution in [0.15, 0.2) is 103 Å². The molecule has 0 aliphatic carbocycles. The van der Waals surface area contributed by atoms with E-state index in [-0.39, 0.29) is 5.78 Å². The van der Waals surface area contributed by atoms with E-state index in [2.05, 4.69) is 0 Å². The van der Waals surface area contributed by atoms with Crippen LogP contribution in [0.3, 0.4) is 0 Å². The molecular weight excluding hydrogens is 415 g/mol. The molecule has 0 atom stereocenters. The molecule has 0 aromatic heterocycles. The van der Waals surface area contributed by atoms with Gasteiger partial charge in [0.15, 0.2) is 5.78 Å². The van der Waals surface area contributed by atoms with Gasteiger partial charge >= 0.3 is 0 Å². The predicted molar refractivity (Wildman–Crippen MR) is 130 cm³/mol. The van der Waals surface area contributed by atoms with Gasteiger partial charge in [-0.2, -0.15) is 0 Å². The van der Waals surface area contributed by atoms with Crippen LogP contribution in [0.4, 0.5) is 0 Å². The first kappa shape index (κ1) is 21.7. The Hall–Kier alpha value is -3.55. The average molecular weight is 438 g/mol. The molecule has 0 unspecified atom stereocenters. The molecule has 0 amide bonds. The highest BCUT2D eigenvalue weighted by Gasteiger charge is 2.38. The zero-order valence-electron chi connectivity index (χ0n) is 18.0. The number of ketones is 1. The Bertz CT molecular complexity index is 1280. The maximum Gasteiger partial charge on any atom is 0.230 e. The molecule has 3 nitrogen and oxygen atoms in total. The van der Waals surface area contributed by atoms with E-state index in [0.717, 1.165) is 0 Å². The van der Waals surface area contributed by atoms with Crippen LogP contribution in [0.25, 0.3) is 0 Å². The molecule has 0 bridgehead atoms. The van der Waals surface area contributed by atoms with Crippen LogP contribution in [0.5, 0.6) is 0 Å². The zero-order valence-corrected chi connectivity index (χ0v) is 18.9. The van der Waals surface area contributed by atoms with Crippen molar-refractivity contribution in [2.45, 2.75) is 13.8 Å². The smallest absolute Gasteiger partial charge is 0.230 e. The van der Waals surface area contributed by atoms with Gasteiger partial charge in [-0.1, -0.05) is 103 Å². The van der Waals surface area contributed by atoms with Crippen molar-refractivity contribution in [1.29, 1.82) is 0 Å². The first-order chi connectivity index (χ1) is 15.4. The number of hydrogen-bond acceptors (Lipinski definition) is 3. The van der Waals surface area contributed by atoms with E-state index in [4.69, 9.17) is 0 Å². The van der Waals surface area contributed by atoms with Gasteiger partial charge in [-0.05, 0) is 25.0 Å². The summed E-state index contributed by atoms with van der Waals surface area (Å²) in [5.74, 6) is -0.161. The minimum Gasteiger partial charge on any atom is -0.305 e. The summed E-state index contributed by atoms with van der Waals surface area (Å²) >= 11 is 0. The fourth-order valence-corrected chi connectivity index (χ4v) is 6.59. The van der Waals surface area contributed by atoms with Gasteiger partial charge in [0.1, 0.15) is 0 Å². The Labute approximate surface area is 188 Å². The van der Waals surface area contributed by atoms with Crippen LogP contribution in [0, 0.1) is 13.8 Å². The molecule has 0 saturated carbocycles. The third kappa shape index (κ3) is 3.77. The van der Waals surface area contributed by atoms with E-state index in [0.29, 0.717) is 38.4 Å². The van der Waals surface area contributed by atoms with Gasteiger partial charge in [-0.15, -0.1) is 0 Å². The quantitative estimate of drug-likeness (QED) is 0.287. The van der Waals surface area contributed by atoms with Crippen LogP contribution >= 0.6 is 7.14 Å². The van der Waals surface area contributed by atoms with Crippen molar-refractivity contribution in [2.75, 3.05) is 0 Å². The van der Waals surface area contributed by atoms with Crippen molar-refractivity contribution in [3.05, 3.63) is 131 Å². The molecule has 4 heteroatoms. The lowest BCUT2D eigenvalue weighted by molar-refractivity contribution is 0.103. The summed E-state index contributed by atoms with van der Waals surface area (Å²) in [4.78, 5) is 27.2. The van der Waals surface area contributed by atoms with Crippen molar-refractivity contribution in [3.63, 3.8) is 0 Å². The Morgan fingerprint density at radius 2 is 1.09 bits per heavy atom. The van der Waals surface area contributed by atoms with Crippen molar-refractivity contribution in [2.24, 2.45) is 0 Å². The van der Waals surface area contributed by atoms with Crippen LogP contribution < -0.4 is 10.6 Å². The van der Waals surface area contributed by atoms with Crippen LogP contribution in [0.2, 0.25) is 0 Å². The fourth-order valence-electron chi connectivity index (χ4n) is 3.98. The summed E-state index contributed by atoms with van der Waals surface area (Å²) in [7, 11) is -3.66. The average Bonchev–Trinajstić information content (AvgIpc) is 2.85. The first-order valence-electron chi connectivity index (χ1n) is 10.4. The Morgan fingerprint density at radius 1 is 0.625 bits per heavy atom. The van der Waals surface area contributed by atoms with Gasteiger partial charge < -0.3 is 4.57 Å². The normalized spacial score (nSPS) is 11.2. The third-order valence-corrected chi connectivity index (χ3v) is 8.54. The maximum atomic E-state index is 14.5. The second-order valence-electron chi connectivity index (χ2n) is 7.71. The SMILES string of the molecule is Cc1ccc(C(=O)c2ccccc2)c(C)c1C(=O)P(=O)(c1ccccc1)c1ccccc1. The number of rotatable bonds is 6. The lowest BCUT2D eigenvalue weighted by Crippen LogP contribution is -2.24. The van der Waals surface area contributed by atoms with Gasteiger partial charge in [0, 0.05) is 27.3 Å². The van der Waals surface area contributed by atoms with E-state index in [1.807, 2.05) is 37.3 Å². The summed E-state index contributed by atoms with van der Waals surface area (Å²) in [5.41, 5.74) is 2.14. The van der Waals surface area contributed by atoms with Gasteiger partial charge in [-0.3, -0.25) is 9.59 Å². The summed E-state index contributed by atoms with van der Waals surface area (Å²) in [6.45, 7) is 3.58. The van der Waals surface area contributed by atoms with E-state index in [1.165, 1.54) is 0 Å². The Balaban J connectivity index is 1.91. The first-order valence-corrected chi connectivity index (χ1v) is 12.1. The second kappa shape index (κ2) is 8.90. The topological polar surface area (TPSA) is 51.2 Å². The van der Waals surface area contributed by atoms with Gasteiger partial charge in [-0.25, -0.2) is 0 Å². The van der Waals surface area contributed by atoms with Gasteiger partial charge in [0.2, 0.25) is 12.7 Å². The maximum absolute atomic E-state index is 14.5. The fraction of sp³-hybridized carbons (Fsp3) is 0.0714. The molecule has 32 heavy (non-hydrogen) atoms. The second-order valence-corrected chi connectivity index (χ2v) is 10.4. The highest BCUT2D eigenvalue weighted by Crippen LogP contribution is 2.48. The highest BCUT2D eigenvalue weighted by atomic mass is 31.2. The van der Waals surface area contributed by atoms with E-state index in [9.17, 15) is 14.2 Å². The number of carbonyl (C=O) groups is 2. The molecule has 4 aromatic rings. The summed E-state index contributed by atoms with van der Waals surface area (Å²) < 4.78 is 14.5. The lowest BCUT2D eigenvalue weighted by Gasteiger charge is -2.21. The molecule has 0 heterocycles. The minimum atomic E-state index is -3.66. The Morgan fingerprint density at radius 3 is 1.59 bits per heavy atom. The minimum absolute atomic E-state index is 0.161.